The van der Waals surface area contributed by atoms with Crippen molar-refractivity contribution in [2.45, 2.75) is 31.3 Å². The molecule has 29 heavy (non-hydrogen) atoms. The van der Waals surface area contributed by atoms with Gasteiger partial charge >= 0.3 is 6.03 Å². The number of rotatable bonds is 4. The molecule has 3 aromatic rings. The number of hydrogen-bond donors (Lipinski definition) is 1. The van der Waals surface area contributed by atoms with Gasteiger partial charge in [0.05, 0.1) is 24.2 Å². The van der Waals surface area contributed by atoms with Gasteiger partial charge in [0, 0.05) is 0 Å². The highest BCUT2D eigenvalue weighted by Crippen LogP contribution is 2.41. The third-order valence-electron chi connectivity index (χ3n) is 5.55. The fourth-order valence-corrected chi connectivity index (χ4v) is 4.83. The minimum Gasteiger partial charge on any atom is -0.497 e. The van der Waals surface area contributed by atoms with Crippen LogP contribution in [0.15, 0.2) is 46.4 Å². The van der Waals surface area contributed by atoms with Crippen LogP contribution in [-0.4, -0.2) is 28.9 Å². The van der Waals surface area contributed by atoms with E-state index in [4.69, 9.17) is 9.15 Å². The van der Waals surface area contributed by atoms with E-state index < -0.39 is 11.6 Å². The molecule has 2 aliphatic rings. The van der Waals surface area contributed by atoms with E-state index in [0.29, 0.717) is 18.0 Å². The maximum atomic E-state index is 13.4. The van der Waals surface area contributed by atoms with Crippen LogP contribution >= 0.6 is 11.3 Å². The number of methoxy groups -OCH3 is 1. The molecule has 2 aromatic heterocycles. The summed E-state index contributed by atoms with van der Waals surface area (Å²) in [5.74, 6) is 0.999. The molecule has 8 heteroatoms. The number of imide groups is 1. The first-order chi connectivity index (χ1) is 14.1. The number of carbonyl (C=O) groups is 2. The summed E-state index contributed by atoms with van der Waals surface area (Å²) < 4.78 is 10.8. The molecule has 1 atom stereocenters. The van der Waals surface area contributed by atoms with Gasteiger partial charge in [-0.2, -0.15) is 0 Å². The Balaban J connectivity index is 1.44. The van der Waals surface area contributed by atoms with Crippen molar-refractivity contribution in [2.24, 2.45) is 0 Å². The summed E-state index contributed by atoms with van der Waals surface area (Å²) in [5, 5.41) is 4.90. The van der Waals surface area contributed by atoms with Gasteiger partial charge in [-0.15, -0.1) is 11.3 Å². The van der Waals surface area contributed by atoms with Gasteiger partial charge in [-0.1, -0.05) is 12.1 Å². The lowest BCUT2D eigenvalue weighted by Crippen LogP contribution is -2.46. The Bertz CT molecular complexity index is 1090. The quantitative estimate of drug-likeness (QED) is 0.664. The number of carbonyl (C=O) groups excluding carboxylic acids is 2. The van der Waals surface area contributed by atoms with E-state index in [1.807, 2.05) is 35.7 Å². The first-order valence-electron chi connectivity index (χ1n) is 9.40. The van der Waals surface area contributed by atoms with E-state index in [9.17, 15) is 9.59 Å². The van der Waals surface area contributed by atoms with Crippen LogP contribution in [0.3, 0.4) is 0 Å². The number of oxazole rings is 1. The average Bonchev–Trinajstić information content (AvgIpc) is 3.46. The summed E-state index contributed by atoms with van der Waals surface area (Å²) in [5.41, 5.74) is 1.41. The predicted molar refractivity (Wildman–Crippen MR) is 107 cm³/mol. The molecule has 5 rings (SSSR count). The van der Waals surface area contributed by atoms with Crippen molar-refractivity contribution in [3.8, 4) is 16.5 Å². The second kappa shape index (κ2) is 6.73. The van der Waals surface area contributed by atoms with E-state index in [0.717, 1.165) is 34.6 Å². The lowest BCUT2D eigenvalue weighted by Gasteiger charge is -2.33. The van der Waals surface area contributed by atoms with Crippen molar-refractivity contribution >= 4 is 23.3 Å². The molecule has 1 aliphatic carbocycles. The summed E-state index contributed by atoms with van der Waals surface area (Å²) in [4.78, 5) is 32.7. The zero-order valence-electron chi connectivity index (χ0n) is 15.8. The number of thiophene rings is 1. The number of benzene rings is 1. The molecule has 0 saturated carbocycles. The number of nitrogens with zero attached hydrogens (tertiary/aromatic N) is 2. The largest absolute Gasteiger partial charge is 0.497 e. The highest BCUT2D eigenvalue weighted by atomic mass is 32.1. The summed E-state index contributed by atoms with van der Waals surface area (Å²) in [7, 11) is 1.62. The molecule has 148 valence electrons. The second-order valence-corrected chi connectivity index (χ2v) is 8.17. The van der Waals surface area contributed by atoms with Crippen LogP contribution < -0.4 is 10.1 Å². The molecule has 1 saturated heterocycles. The van der Waals surface area contributed by atoms with Gasteiger partial charge < -0.3 is 14.5 Å². The predicted octanol–water partition coefficient (Wildman–Crippen LogP) is 3.70. The van der Waals surface area contributed by atoms with Gasteiger partial charge in [-0.05, 0) is 54.0 Å². The fourth-order valence-electron chi connectivity index (χ4n) is 4.18. The Morgan fingerprint density at radius 3 is 3.03 bits per heavy atom. The van der Waals surface area contributed by atoms with Crippen molar-refractivity contribution in [1.29, 1.82) is 0 Å². The molecule has 3 amide bonds. The Labute approximate surface area is 171 Å². The van der Waals surface area contributed by atoms with E-state index in [1.165, 1.54) is 22.5 Å². The monoisotopic (exact) mass is 409 g/mol. The zero-order valence-corrected chi connectivity index (χ0v) is 16.6. The Morgan fingerprint density at radius 1 is 1.34 bits per heavy atom. The van der Waals surface area contributed by atoms with Gasteiger partial charge in [-0.3, -0.25) is 9.69 Å². The third-order valence-corrected chi connectivity index (χ3v) is 6.41. The Kier molecular flexibility index (Phi) is 4.16. The van der Waals surface area contributed by atoms with E-state index >= 15 is 0 Å². The van der Waals surface area contributed by atoms with Crippen molar-refractivity contribution in [1.82, 2.24) is 15.2 Å². The standard InChI is InChI=1S/C21H19N3O4S/c1-27-15-6-7-16-13(10-15)4-2-8-21(16)19(25)24(20(26)23-21)11-14-12-28-18(22-14)17-5-3-9-29-17/h3,5-7,9-10,12H,2,4,8,11H2,1H3,(H,23,26)/t21-/m1/s1. The van der Waals surface area contributed by atoms with Crippen LogP contribution in [0.4, 0.5) is 4.79 Å². The average molecular weight is 409 g/mol. The molecule has 3 heterocycles. The zero-order chi connectivity index (χ0) is 20.0. The minimum atomic E-state index is -1.02. The Hall–Kier alpha value is -3.13. The highest BCUT2D eigenvalue weighted by Gasteiger charge is 2.54. The summed E-state index contributed by atoms with van der Waals surface area (Å²) >= 11 is 1.52. The third kappa shape index (κ3) is 2.82. The molecule has 1 aromatic carbocycles. The first kappa shape index (κ1) is 17.9. The van der Waals surface area contributed by atoms with E-state index in [2.05, 4.69) is 10.3 Å². The van der Waals surface area contributed by atoms with Gasteiger partial charge in [0.1, 0.15) is 17.6 Å². The SMILES string of the molecule is COc1ccc2c(c1)CCC[C@@]21NC(=O)N(Cc2coc(-c3cccs3)n2)C1=O. The van der Waals surface area contributed by atoms with Crippen molar-refractivity contribution in [2.75, 3.05) is 7.11 Å². The molecule has 1 fully saturated rings. The second-order valence-electron chi connectivity index (χ2n) is 7.22. The van der Waals surface area contributed by atoms with Crippen LogP contribution in [0.25, 0.3) is 10.8 Å². The van der Waals surface area contributed by atoms with Crippen LogP contribution in [0.2, 0.25) is 0 Å². The van der Waals surface area contributed by atoms with Crippen molar-refractivity contribution in [3.63, 3.8) is 0 Å². The van der Waals surface area contributed by atoms with E-state index in [-0.39, 0.29) is 12.5 Å². The maximum absolute atomic E-state index is 13.4. The number of nitrogens with one attached hydrogen (secondary N) is 1. The molecule has 0 bridgehead atoms. The van der Waals surface area contributed by atoms with Crippen molar-refractivity contribution in [3.05, 3.63) is 58.8 Å². The smallest absolute Gasteiger partial charge is 0.325 e. The lowest BCUT2D eigenvalue weighted by molar-refractivity contribution is -0.132. The molecule has 0 unspecified atom stereocenters. The number of fused-ring (bicyclic) bond motifs is 2. The van der Waals surface area contributed by atoms with Gasteiger partial charge in [0.15, 0.2) is 0 Å². The number of urea groups is 1. The number of hydrogen-bond acceptors (Lipinski definition) is 6. The highest BCUT2D eigenvalue weighted by molar-refractivity contribution is 7.13. The molecule has 7 nitrogen and oxygen atoms in total. The first-order valence-corrected chi connectivity index (χ1v) is 10.3. The fraction of sp³-hybridized carbons (Fsp3) is 0.286. The summed E-state index contributed by atoms with van der Waals surface area (Å²) in [6.45, 7) is 0.0762. The van der Waals surface area contributed by atoms with Crippen LogP contribution in [0.5, 0.6) is 5.75 Å². The van der Waals surface area contributed by atoms with E-state index in [1.54, 1.807) is 7.11 Å². The molecular formula is C21H19N3O4S. The van der Waals surface area contributed by atoms with Gasteiger partial charge in [0.25, 0.3) is 5.91 Å². The van der Waals surface area contributed by atoms with Crippen LogP contribution in [0.1, 0.15) is 29.7 Å². The topological polar surface area (TPSA) is 84.7 Å². The number of aryl methyl sites for hydroxylation is 1. The molecule has 1 spiro atoms. The van der Waals surface area contributed by atoms with Gasteiger partial charge in [-0.25, -0.2) is 9.78 Å². The summed E-state index contributed by atoms with van der Waals surface area (Å²) in [6.07, 6.45) is 3.74. The molecule has 1 N–H and O–H groups in total. The molecule has 0 radical (unpaired) electrons. The normalized spacial score (nSPS) is 20.8. The van der Waals surface area contributed by atoms with Crippen molar-refractivity contribution < 1.29 is 18.7 Å². The number of amides is 3. The minimum absolute atomic E-state index is 0.0762. The number of ether oxygens (including phenoxy) is 1. The summed E-state index contributed by atoms with van der Waals surface area (Å²) in [6, 6.07) is 9.10. The lowest BCUT2D eigenvalue weighted by atomic mass is 9.76. The van der Waals surface area contributed by atoms with Crippen LogP contribution in [-0.2, 0) is 23.3 Å². The molecule has 1 aliphatic heterocycles. The molecular weight excluding hydrogens is 390 g/mol. The number of aromatic nitrogens is 1. The van der Waals surface area contributed by atoms with Crippen LogP contribution in [0, 0.1) is 0 Å². The Morgan fingerprint density at radius 2 is 2.24 bits per heavy atom. The van der Waals surface area contributed by atoms with Gasteiger partial charge in [0.2, 0.25) is 5.89 Å². The maximum Gasteiger partial charge on any atom is 0.325 e.